The zero-order chi connectivity index (χ0) is 13.1. The Labute approximate surface area is 113 Å². The molecule has 0 bridgehead atoms. The van der Waals surface area contributed by atoms with Crippen LogP contribution in [0.1, 0.15) is 18.1 Å². The summed E-state index contributed by atoms with van der Waals surface area (Å²) >= 11 is 0. The van der Waals surface area contributed by atoms with E-state index in [4.69, 9.17) is 4.74 Å². The Hall–Kier alpha value is -2.03. The van der Waals surface area contributed by atoms with Crippen molar-refractivity contribution in [3.8, 4) is 5.75 Å². The highest BCUT2D eigenvalue weighted by Crippen LogP contribution is 2.28. The monoisotopic (exact) mass is 254 g/mol. The second-order valence-electron chi connectivity index (χ2n) is 5.15. The Balaban J connectivity index is 1.70. The Kier molecular flexibility index (Phi) is 3.36. The van der Waals surface area contributed by atoms with Crippen molar-refractivity contribution in [1.82, 2.24) is 4.98 Å². The molecule has 0 spiro atoms. The second kappa shape index (κ2) is 5.31. The summed E-state index contributed by atoms with van der Waals surface area (Å²) in [6.07, 6.45) is 4.70. The lowest BCUT2D eigenvalue weighted by Gasteiger charge is -2.23. The number of rotatable bonds is 3. The van der Waals surface area contributed by atoms with Crippen LogP contribution in [-0.4, -0.2) is 11.6 Å². The van der Waals surface area contributed by atoms with Gasteiger partial charge in [0, 0.05) is 24.6 Å². The van der Waals surface area contributed by atoms with E-state index in [0.717, 1.165) is 31.0 Å². The summed E-state index contributed by atoms with van der Waals surface area (Å²) in [5.41, 5.74) is 3.71. The molecule has 3 heteroatoms. The van der Waals surface area contributed by atoms with Gasteiger partial charge < -0.3 is 10.1 Å². The zero-order valence-corrected chi connectivity index (χ0v) is 11.1. The van der Waals surface area contributed by atoms with Gasteiger partial charge in [-0.25, -0.2) is 0 Å². The minimum Gasteiger partial charge on any atom is -0.493 e. The molecule has 1 aromatic carbocycles. The van der Waals surface area contributed by atoms with E-state index < -0.39 is 0 Å². The highest BCUT2D eigenvalue weighted by molar-refractivity contribution is 5.44. The molecule has 0 amide bonds. The fourth-order valence-corrected chi connectivity index (χ4v) is 2.38. The van der Waals surface area contributed by atoms with Crippen LogP contribution in [0.15, 0.2) is 42.7 Å². The van der Waals surface area contributed by atoms with E-state index in [1.807, 2.05) is 12.1 Å². The van der Waals surface area contributed by atoms with Crippen LogP contribution in [0.25, 0.3) is 0 Å². The topological polar surface area (TPSA) is 34.1 Å². The third-order valence-corrected chi connectivity index (χ3v) is 3.39. The van der Waals surface area contributed by atoms with E-state index in [1.54, 1.807) is 12.4 Å². The van der Waals surface area contributed by atoms with Crippen molar-refractivity contribution in [3.63, 3.8) is 0 Å². The van der Waals surface area contributed by atoms with Crippen molar-refractivity contribution in [2.45, 2.75) is 19.9 Å². The normalized spacial score (nSPS) is 17.4. The van der Waals surface area contributed by atoms with Crippen LogP contribution in [0.3, 0.4) is 0 Å². The molecule has 0 aliphatic carbocycles. The van der Waals surface area contributed by atoms with Gasteiger partial charge in [-0.2, -0.15) is 0 Å². The molecule has 1 atom stereocenters. The number of nitrogens with one attached hydrogen (secondary N) is 1. The van der Waals surface area contributed by atoms with Crippen molar-refractivity contribution < 1.29 is 4.74 Å². The number of aromatic nitrogens is 1. The van der Waals surface area contributed by atoms with Crippen LogP contribution in [-0.2, 0) is 13.0 Å². The first-order valence-corrected chi connectivity index (χ1v) is 6.70. The number of fused-ring (bicyclic) bond motifs is 1. The van der Waals surface area contributed by atoms with Gasteiger partial charge >= 0.3 is 0 Å². The number of anilines is 1. The number of ether oxygens (including phenoxy) is 1. The molecule has 1 N–H and O–H groups in total. The molecule has 3 nitrogen and oxygen atoms in total. The van der Waals surface area contributed by atoms with Gasteiger partial charge in [-0.3, -0.25) is 4.98 Å². The lowest BCUT2D eigenvalue weighted by Crippen LogP contribution is -2.18. The molecule has 3 rings (SSSR count). The van der Waals surface area contributed by atoms with Gasteiger partial charge in [-0.05, 0) is 41.7 Å². The molecule has 1 aromatic heterocycles. The molecule has 2 heterocycles. The minimum absolute atomic E-state index is 0.607. The van der Waals surface area contributed by atoms with Crippen LogP contribution >= 0.6 is 0 Å². The van der Waals surface area contributed by atoms with Crippen LogP contribution in [0.5, 0.6) is 5.75 Å². The molecule has 0 saturated carbocycles. The Morgan fingerprint density at radius 3 is 2.95 bits per heavy atom. The van der Waals surface area contributed by atoms with Crippen molar-refractivity contribution in [2.24, 2.45) is 5.92 Å². The van der Waals surface area contributed by atoms with Crippen molar-refractivity contribution in [3.05, 3.63) is 53.9 Å². The highest BCUT2D eigenvalue weighted by atomic mass is 16.5. The Morgan fingerprint density at radius 2 is 2.11 bits per heavy atom. The maximum Gasteiger partial charge on any atom is 0.122 e. The summed E-state index contributed by atoms with van der Waals surface area (Å²) in [5.74, 6) is 1.65. The first kappa shape index (κ1) is 12.0. The number of nitrogens with zero attached hydrogens (tertiary/aromatic N) is 1. The fraction of sp³-hybridized carbons (Fsp3) is 0.312. The molecule has 0 radical (unpaired) electrons. The predicted molar refractivity (Wildman–Crippen MR) is 76.4 cm³/mol. The Bertz CT molecular complexity index is 554. The highest BCUT2D eigenvalue weighted by Gasteiger charge is 2.16. The van der Waals surface area contributed by atoms with Crippen LogP contribution in [0.2, 0.25) is 0 Å². The van der Waals surface area contributed by atoms with Crippen LogP contribution in [0.4, 0.5) is 5.69 Å². The number of pyridine rings is 1. The molecule has 0 saturated heterocycles. The van der Waals surface area contributed by atoms with Gasteiger partial charge in [-0.1, -0.05) is 19.1 Å². The smallest absolute Gasteiger partial charge is 0.122 e. The summed E-state index contributed by atoms with van der Waals surface area (Å²) in [6.45, 7) is 3.89. The average Bonchev–Trinajstić information content (AvgIpc) is 2.46. The maximum absolute atomic E-state index is 5.72. The summed E-state index contributed by atoms with van der Waals surface area (Å²) in [7, 11) is 0. The van der Waals surface area contributed by atoms with E-state index in [2.05, 4.69) is 35.4 Å². The summed E-state index contributed by atoms with van der Waals surface area (Å²) in [6, 6.07) is 10.4. The SMILES string of the molecule is C[C@@H]1COc2ccc(CNc3ccncc3)cc2C1. The minimum atomic E-state index is 0.607. The molecule has 0 unspecified atom stereocenters. The number of hydrogen-bond acceptors (Lipinski definition) is 3. The van der Waals surface area contributed by atoms with E-state index in [0.29, 0.717) is 5.92 Å². The van der Waals surface area contributed by atoms with Crippen LogP contribution < -0.4 is 10.1 Å². The van der Waals surface area contributed by atoms with Crippen LogP contribution in [0, 0.1) is 5.92 Å². The quantitative estimate of drug-likeness (QED) is 0.912. The predicted octanol–water partition coefficient (Wildman–Crippen LogP) is 3.26. The molecular weight excluding hydrogens is 236 g/mol. The molecule has 1 aliphatic heterocycles. The molecule has 98 valence electrons. The van der Waals surface area contributed by atoms with Crippen molar-refractivity contribution in [1.29, 1.82) is 0 Å². The summed E-state index contributed by atoms with van der Waals surface area (Å²) in [4.78, 5) is 4.01. The van der Waals surface area contributed by atoms with Gasteiger partial charge in [-0.15, -0.1) is 0 Å². The maximum atomic E-state index is 5.72. The van der Waals surface area contributed by atoms with Gasteiger partial charge in [0.2, 0.25) is 0 Å². The number of benzene rings is 1. The van der Waals surface area contributed by atoms with E-state index in [-0.39, 0.29) is 0 Å². The Morgan fingerprint density at radius 1 is 1.26 bits per heavy atom. The van der Waals surface area contributed by atoms with Crippen molar-refractivity contribution >= 4 is 5.69 Å². The standard InChI is InChI=1S/C16H18N2O/c1-12-8-14-9-13(2-3-16(14)19-11-12)10-18-15-4-6-17-7-5-15/h2-7,9,12H,8,10-11H2,1H3,(H,17,18)/t12-/m0/s1. The van der Waals surface area contributed by atoms with Gasteiger partial charge in [0.25, 0.3) is 0 Å². The fourth-order valence-electron chi connectivity index (χ4n) is 2.38. The van der Waals surface area contributed by atoms with Gasteiger partial charge in [0.1, 0.15) is 5.75 Å². The third kappa shape index (κ3) is 2.87. The largest absolute Gasteiger partial charge is 0.493 e. The first-order chi connectivity index (χ1) is 9.31. The zero-order valence-electron chi connectivity index (χ0n) is 11.1. The van der Waals surface area contributed by atoms with E-state index in [9.17, 15) is 0 Å². The summed E-state index contributed by atoms with van der Waals surface area (Å²) in [5, 5.41) is 3.40. The molecular formula is C16H18N2O. The molecule has 0 fully saturated rings. The third-order valence-electron chi connectivity index (χ3n) is 3.39. The van der Waals surface area contributed by atoms with Gasteiger partial charge in [0.05, 0.1) is 6.61 Å². The lowest BCUT2D eigenvalue weighted by atomic mass is 9.97. The second-order valence-corrected chi connectivity index (χ2v) is 5.15. The molecule has 2 aromatic rings. The van der Waals surface area contributed by atoms with Gasteiger partial charge in [0.15, 0.2) is 0 Å². The number of hydrogen-bond donors (Lipinski definition) is 1. The van der Waals surface area contributed by atoms with E-state index >= 15 is 0 Å². The lowest BCUT2D eigenvalue weighted by molar-refractivity contribution is 0.234. The first-order valence-electron chi connectivity index (χ1n) is 6.70. The van der Waals surface area contributed by atoms with Crippen molar-refractivity contribution in [2.75, 3.05) is 11.9 Å². The molecule has 19 heavy (non-hydrogen) atoms. The molecule has 1 aliphatic rings. The average molecular weight is 254 g/mol. The summed E-state index contributed by atoms with van der Waals surface area (Å²) < 4.78 is 5.72. The van der Waals surface area contributed by atoms with E-state index in [1.165, 1.54) is 11.1 Å².